The van der Waals surface area contributed by atoms with E-state index in [0.29, 0.717) is 32.1 Å². The molecule has 0 aromatic rings. The smallest absolute Gasteiger partial charge is 0.462 e. The van der Waals surface area contributed by atoms with E-state index in [4.69, 9.17) is 23.8 Å². The summed E-state index contributed by atoms with van der Waals surface area (Å²) in [6.07, 6.45) is 42.1. The topological polar surface area (TPSA) is 236 Å². The molecule has 0 aliphatic carbocycles. The third-order valence-electron chi connectivity index (χ3n) is 9.43. The zero-order valence-electron chi connectivity index (χ0n) is 39.0. The summed E-state index contributed by atoms with van der Waals surface area (Å²) in [6, 6.07) is 0. The van der Waals surface area contributed by atoms with E-state index in [1.54, 1.807) is 42.5 Å². The number of phosphoric ester groups is 2. The fourth-order valence-corrected chi connectivity index (χ4v) is 7.00. The summed E-state index contributed by atoms with van der Waals surface area (Å²) in [5.41, 5.74) is 0. The first-order valence-corrected chi connectivity index (χ1v) is 26.5. The Labute approximate surface area is 389 Å². The number of aliphatic hydroxyl groups is 3. The molecule has 0 fully saturated rings. The lowest BCUT2D eigenvalue weighted by Crippen LogP contribution is -2.29. The average molecular weight is 961 g/mol. The fourth-order valence-electron chi connectivity index (χ4n) is 5.85. The maximum Gasteiger partial charge on any atom is 0.472 e. The number of ether oxygens (including phenoxy) is 2. The van der Waals surface area contributed by atoms with Gasteiger partial charge in [0.2, 0.25) is 0 Å². The molecule has 17 heteroatoms. The summed E-state index contributed by atoms with van der Waals surface area (Å²) >= 11 is 0. The Morgan fingerprint density at radius 2 is 1.09 bits per heavy atom. The van der Waals surface area contributed by atoms with Crippen molar-refractivity contribution in [2.24, 2.45) is 0 Å². The van der Waals surface area contributed by atoms with Crippen molar-refractivity contribution >= 4 is 27.6 Å². The molecular weight excluding hydrogens is 878 g/mol. The lowest BCUT2D eigenvalue weighted by Gasteiger charge is -2.20. The third kappa shape index (κ3) is 46.1. The van der Waals surface area contributed by atoms with Gasteiger partial charge in [-0.25, -0.2) is 9.13 Å². The highest BCUT2D eigenvalue weighted by molar-refractivity contribution is 7.47. The Kier molecular flexibility index (Phi) is 40.7. The van der Waals surface area contributed by atoms with E-state index in [9.17, 15) is 38.9 Å². The summed E-state index contributed by atoms with van der Waals surface area (Å²) in [7, 11) is -9.77. The largest absolute Gasteiger partial charge is 0.472 e. The van der Waals surface area contributed by atoms with Crippen molar-refractivity contribution in [1.82, 2.24) is 0 Å². The van der Waals surface area contributed by atoms with Gasteiger partial charge in [-0.2, -0.15) is 0 Å². The minimum Gasteiger partial charge on any atom is -0.462 e. The molecule has 0 saturated heterocycles. The van der Waals surface area contributed by atoms with Crippen LogP contribution in [0.4, 0.5) is 0 Å². The van der Waals surface area contributed by atoms with Crippen LogP contribution in [0.1, 0.15) is 155 Å². The standard InChI is InChI=1S/C48H82O15P2/c1-3-5-7-8-9-10-11-12-13-14-15-16-17-18-22-25-31-37-47(52)59-41-46(42-62-65(57,58)61-40-45(51)39-60-64(54,55)56)63-48(53)38-32-26-30-36-44(50)35-29-24-21-19-20-23-28-34-43(49)33-27-6-4-2/h6,12-13,20-21,23-24,27-30,34-36,43-46,49-51H,3-5,7-11,14-19,22,25-26,31-33,37-42H2,1-2H3,(H,57,58)(H2,54,55,56)/b13-12-,23-20-,24-21-,27-6-,34-28+,35-29+,36-30-/t43-,44-,45-,46+/m0/s1. The van der Waals surface area contributed by atoms with E-state index >= 15 is 0 Å². The quantitative estimate of drug-likeness (QED) is 0.0110. The number of aliphatic hydroxyl groups excluding tert-OH is 3. The van der Waals surface area contributed by atoms with E-state index in [1.165, 1.54) is 57.8 Å². The van der Waals surface area contributed by atoms with E-state index in [1.807, 2.05) is 37.3 Å². The summed E-state index contributed by atoms with van der Waals surface area (Å²) < 4.78 is 47.7. The molecule has 0 rings (SSSR count). The van der Waals surface area contributed by atoms with Crippen LogP contribution in [0.3, 0.4) is 0 Å². The van der Waals surface area contributed by atoms with Crippen molar-refractivity contribution in [3.05, 3.63) is 85.1 Å². The molecule has 0 amide bonds. The van der Waals surface area contributed by atoms with Crippen molar-refractivity contribution in [3.63, 3.8) is 0 Å². The van der Waals surface area contributed by atoms with E-state index in [0.717, 1.165) is 38.5 Å². The SMILES string of the molecule is CC/C=C\C[C@H](O)/C=C/C=C\C/C=C\C=C\[C@H](O)/C=C\CCCC(=O)O[C@H](COC(=O)CCCCCCCCC/C=C\CCCCCCCC)COP(=O)(O)OC[C@@H](O)COP(=O)(O)O. The van der Waals surface area contributed by atoms with Crippen molar-refractivity contribution in [1.29, 1.82) is 0 Å². The van der Waals surface area contributed by atoms with Crippen molar-refractivity contribution in [2.75, 3.05) is 26.4 Å². The zero-order chi connectivity index (χ0) is 48.3. The molecule has 0 aromatic carbocycles. The fraction of sp³-hybridized carbons (Fsp3) is 0.667. The second-order valence-electron chi connectivity index (χ2n) is 15.7. The van der Waals surface area contributed by atoms with Crippen molar-refractivity contribution in [3.8, 4) is 0 Å². The van der Waals surface area contributed by atoms with Crippen molar-refractivity contribution < 1.29 is 71.8 Å². The molecule has 0 aliphatic rings. The second-order valence-corrected chi connectivity index (χ2v) is 18.4. The molecule has 65 heavy (non-hydrogen) atoms. The van der Waals surface area contributed by atoms with Gasteiger partial charge in [-0.05, 0) is 64.2 Å². The summed E-state index contributed by atoms with van der Waals surface area (Å²) in [6.45, 7) is 1.34. The Morgan fingerprint density at radius 3 is 1.72 bits per heavy atom. The predicted molar refractivity (Wildman–Crippen MR) is 255 cm³/mol. The van der Waals surface area contributed by atoms with E-state index in [-0.39, 0.29) is 12.8 Å². The van der Waals surface area contributed by atoms with Gasteiger partial charge in [0.05, 0.1) is 32.0 Å². The highest BCUT2D eigenvalue weighted by atomic mass is 31.2. The van der Waals surface area contributed by atoms with Gasteiger partial charge in [0, 0.05) is 12.8 Å². The first-order valence-electron chi connectivity index (χ1n) is 23.5. The molecule has 15 nitrogen and oxygen atoms in total. The van der Waals surface area contributed by atoms with Crippen molar-refractivity contribution in [2.45, 2.75) is 180 Å². The Balaban J connectivity index is 4.73. The summed E-state index contributed by atoms with van der Waals surface area (Å²) in [5.74, 6) is -1.22. The summed E-state index contributed by atoms with van der Waals surface area (Å²) in [5, 5.41) is 29.8. The van der Waals surface area contributed by atoms with E-state index in [2.05, 4.69) is 28.1 Å². The Morgan fingerprint density at radius 1 is 0.538 bits per heavy atom. The Bertz CT molecular complexity index is 1500. The second kappa shape index (κ2) is 42.6. The number of carbonyl (C=O) groups excluding carboxylic acids is 2. The van der Waals surface area contributed by atoms with E-state index < -0.39 is 78.4 Å². The number of unbranched alkanes of at least 4 members (excludes halogenated alkanes) is 14. The predicted octanol–water partition coefficient (Wildman–Crippen LogP) is 10.3. The number of phosphoric acid groups is 2. The van der Waals surface area contributed by atoms with Crippen LogP contribution in [0, 0.1) is 0 Å². The minimum absolute atomic E-state index is 0.0595. The number of hydrogen-bond acceptors (Lipinski definition) is 12. The maximum absolute atomic E-state index is 12.7. The van der Waals surface area contributed by atoms with Crippen LogP contribution in [0.2, 0.25) is 0 Å². The van der Waals surface area contributed by atoms with Crippen LogP contribution >= 0.6 is 15.6 Å². The highest BCUT2D eigenvalue weighted by Gasteiger charge is 2.28. The van der Waals surface area contributed by atoms with Gasteiger partial charge in [-0.3, -0.25) is 23.2 Å². The number of carbonyl (C=O) groups is 2. The first kappa shape index (κ1) is 62.2. The summed E-state index contributed by atoms with van der Waals surface area (Å²) in [4.78, 5) is 52.8. The van der Waals surface area contributed by atoms with Crippen LogP contribution in [-0.2, 0) is 41.8 Å². The number of hydrogen-bond donors (Lipinski definition) is 6. The average Bonchev–Trinajstić information content (AvgIpc) is 3.26. The monoisotopic (exact) mass is 961 g/mol. The van der Waals surface area contributed by atoms with Gasteiger partial charge < -0.3 is 39.5 Å². The van der Waals surface area contributed by atoms with Gasteiger partial charge in [0.25, 0.3) is 0 Å². The van der Waals surface area contributed by atoms with Gasteiger partial charge in [-0.15, -0.1) is 0 Å². The van der Waals surface area contributed by atoms with Gasteiger partial charge in [0.1, 0.15) is 12.7 Å². The Hall–Kier alpha value is -2.78. The highest BCUT2D eigenvalue weighted by Crippen LogP contribution is 2.43. The minimum atomic E-state index is -4.89. The normalized spacial score (nSPS) is 15.6. The molecule has 0 bridgehead atoms. The molecule has 0 saturated carbocycles. The molecule has 0 spiro atoms. The molecule has 6 N–H and O–H groups in total. The van der Waals surface area contributed by atoms with Crippen LogP contribution in [0.15, 0.2) is 85.1 Å². The molecule has 5 atom stereocenters. The number of allylic oxidation sites excluding steroid dienone is 10. The first-order chi connectivity index (χ1) is 31.2. The molecule has 0 radical (unpaired) electrons. The molecule has 374 valence electrons. The van der Waals surface area contributed by atoms with Crippen LogP contribution in [0.5, 0.6) is 0 Å². The molecule has 0 aliphatic heterocycles. The molecule has 0 aromatic heterocycles. The lowest BCUT2D eigenvalue weighted by atomic mass is 10.1. The van der Waals surface area contributed by atoms with Crippen LogP contribution in [0.25, 0.3) is 0 Å². The van der Waals surface area contributed by atoms with Crippen LogP contribution in [-0.4, -0.2) is 92.8 Å². The maximum atomic E-state index is 12.7. The number of rotatable bonds is 43. The van der Waals surface area contributed by atoms with Gasteiger partial charge >= 0.3 is 27.6 Å². The van der Waals surface area contributed by atoms with Gasteiger partial charge in [0.15, 0.2) is 6.10 Å². The number of esters is 2. The third-order valence-corrected chi connectivity index (χ3v) is 10.9. The molecule has 1 unspecified atom stereocenters. The lowest BCUT2D eigenvalue weighted by molar-refractivity contribution is -0.161. The molecular formula is C48H82O15P2. The van der Waals surface area contributed by atoms with Crippen LogP contribution < -0.4 is 0 Å². The van der Waals surface area contributed by atoms with Gasteiger partial charge in [-0.1, -0.05) is 163 Å². The molecule has 0 heterocycles. The zero-order valence-corrected chi connectivity index (χ0v) is 40.8.